The fraction of sp³-hybridized carbons (Fsp3) is 0.500. The first kappa shape index (κ1) is 18.6. The van der Waals surface area contributed by atoms with E-state index in [-0.39, 0.29) is 17.7 Å². The van der Waals surface area contributed by atoms with Crippen LogP contribution in [-0.4, -0.2) is 35.1 Å². The Labute approximate surface area is 140 Å². The van der Waals surface area contributed by atoms with Crippen LogP contribution in [0.3, 0.4) is 0 Å². The maximum Gasteiger partial charge on any atom is 0.356 e. The summed E-state index contributed by atoms with van der Waals surface area (Å²) in [5, 5.41) is -0.0963. The molecule has 1 aliphatic carbocycles. The zero-order chi connectivity index (χ0) is 16.7. The van der Waals surface area contributed by atoms with Crippen molar-refractivity contribution in [2.75, 3.05) is 19.6 Å². The lowest BCUT2D eigenvalue weighted by atomic mass is 10.3. The minimum atomic E-state index is -3.21. The van der Waals surface area contributed by atoms with Gasteiger partial charge in [0.1, 0.15) is 6.35 Å². The lowest BCUT2D eigenvalue weighted by molar-refractivity contribution is 0.0948. The van der Waals surface area contributed by atoms with Gasteiger partial charge >= 0.3 is 7.60 Å². The largest absolute Gasteiger partial charge is 0.361 e. The molecule has 128 valence electrons. The molecule has 0 aromatic heterocycles. The molecule has 0 spiro atoms. The molecule has 7 heteroatoms. The quantitative estimate of drug-likeness (QED) is 0.497. The van der Waals surface area contributed by atoms with Gasteiger partial charge in [-0.25, -0.2) is 0 Å². The maximum atomic E-state index is 12.5. The minimum Gasteiger partial charge on any atom is -0.361 e. The van der Waals surface area contributed by atoms with Gasteiger partial charge in [-0.15, -0.1) is 0 Å². The monoisotopic (exact) mass is 358 g/mol. The molecule has 0 heterocycles. The summed E-state index contributed by atoms with van der Waals surface area (Å²) in [4.78, 5) is 0.803. The molecule has 0 radical (unpaired) electrons. The molecule has 0 amide bonds. The van der Waals surface area contributed by atoms with Crippen molar-refractivity contribution in [2.24, 2.45) is 0 Å². The Morgan fingerprint density at radius 3 is 2.39 bits per heavy atom. The lowest BCUT2D eigenvalue weighted by Crippen LogP contribution is -2.17. The molecule has 1 aromatic rings. The molecular formula is C16H23O5PS. The summed E-state index contributed by atoms with van der Waals surface area (Å²) >= 11 is 0. The van der Waals surface area contributed by atoms with E-state index in [2.05, 4.69) is 0 Å². The molecule has 0 saturated heterocycles. The van der Waals surface area contributed by atoms with Gasteiger partial charge in [-0.3, -0.25) is 8.77 Å². The molecule has 1 aromatic carbocycles. The highest BCUT2D eigenvalue weighted by Gasteiger charge is 2.29. The van der Waals surface area contributed by atoms with Crippen molar-refractivity contribution in [1.29, 1.82) is 0 Å². The second-order valence-corrected chi connectivity index (χ2v) is 8.72. The van der Waals surface area contributed by atoms with Crippen LogP contribution in [0.5, 0.6) is 0 Å². The van der Waals surface area contributed by atoms with Crippen molar-refractivity contribution in [2.45, 2.75) is 36.5 Å². The summed E-state index contributed by atoms with van der Waals surface area (Å²) in [5.41, 5.74) is 0. The maximum absolute atomic E-state index is 12.5. The molecule has 5 nitrogen and oxygen atoms in total. The molecular weight excluding hydrogens is 335 g/mol. The minimum absolute atomic E-state index is 0.0889. The average Bonchev–Trinajstić information content (AvgIpc) is 3.03. The van der Waals surface area contributed by atoms with Crippen molar-refractivity contribution >= 4 is 18.4 Å². The van der Waals surface area contributed by atoms with E-state index in [9.17, 15) is 8.77 Å². The topological polar surface area (TPSA) is 61.8 Å². The van der Waals surface area contributed by atoms with E-state index in [0.717, 1.165) is 4.90 Å². The lowest BCUT2D eigenvalue weighted by Gasteiger charge is -2.19. The van der Waals surface area contributed by atoms with Crippen LogP contribution in [0.2, 0.25) is 0 Å². The van der Waals surface area contributed by atoms with Crippen LogP contribution in [0.25, 0.3) is 0 Å². The van der Waals surface area contributed by atoms with Gasteiger partial charge in [0.05, 0.1) is 35.4 Å². The smallest absolute Gasteiger partial charge is 0.356 e. The number of benzene rings is 1. The van der Waals surface area contributed by atoms with Crippen LogP contribution >= 0.6 is 7.60 Å². The van der Waals surface area contributed by atoms with E-state index in [4.69, 9.17) is 13.8 Å². The normalized spacial score (nSPS) is 22.3. The number of rotatable bonds is 9. The highest BCUT2D eigenvalue weighted by Crippen LogP contribution is 2.48. The van der Waals surface area contributed by atoms with E-state index >= 15 is 0 Å². The van der Waals surface area contributed by atoms with E-state index in [1.54, 1.807) is 13.8 Å². The van der Waals surface area contributed by atoms with Gasteiger partial charge in [0.2, 0.25) is 0 Å². The Morgan fingerprint density at radius 1 is 1.13 bits per heavy atom. The van der Waals surface area contributed by atoms with Crippen LogP contribution < -0.4 is 0 Å². The highest BCUT2D eigenvalue weighted by atomic mass is 32.2. The van der Waals surface area contributed by atoms with Gasteiger partial charge in [0.15, 0.2) is 0 Å². The third kappa shape index (κ3) is 5.37. The predicted octanol–water partition coefficient (Wildman–Crippen LogP) is 3.73. The zero-order valence-corrected chi connectivity index (χ0v) is 15.1. The summed E-state index contributed by atoms with van der Waals surface area (Å²) in [5.74, 6) is 0. The van der Waals surface area contributed by atoms with Crippen molar-refractivity contribution in [3.05, 3.63) is 42.5 Å². The Balaban J connectivity index is 1.87. The molecule has 0 N–H and O–H groups in total. The molecule has 0 saturated carbocycles. The first-order valence-corrected chi connectivity index (χ1v) is 10.7. The van der Waals surface area contributed by atoms with Gasteiger partial charge in [0, 0.05) is 4.90 Å². The molecule has 0 aliphatic heterocycles. The van der Waals surface area contributed by atoms with Crippen molar-refractivity contribution < 1.29 is 22.6 Å². The first-order valence-electron chi connectivity index (χ1n) is 7.71. The SMILES string of the molecule is CCOP(=O)(COC1C=CC(S(=O)c2ccccc2)C1)OCC. The molecule has 1 aliphatic rings. The van der Waals surface area contributed by atoms with Gasteiger partial charge in [-0.05, 0) is 32.4 Å². The second kappa shape index (κ2) is 8.90. The van der Waals surface area contributed by atoms with Crippen molar-refractivity contribution in [3.63, 3.8) is 0 Å². The Bertz CT molecular complexity index is 579. The fourth-order valence-corrected chi connectivity index (χ4v) is 5.10. The fourth-order valence-electron chi connectivity index (χ4n) is 2.34. The van der Waals surface area contributed by atoms with Crippen molar-refractivity contribution in [1.82, 2.24) is 0 Å². The molecule has 3 atom stereocenters. The van der Waals surface area contributed by atoms with E-state index in [1.165, 1.54) is 0 Å². The number of ether oxygens (including phenoxy) is 1. The van der Waals surface area contributed by atoms with Crippen molar-refractivity contribution in [3.8, 4) is 0 Å². The zero-order valence-electron chi connectivity index (χ0n) is 13.4. The summed E-state index contributed by atoms with van der Waals surface area (Å²) < 4.78 is 40.9. The van der Waals surface area contributed by atoms with Gasteiger partial charge < -0.3 is 13.8 Å². The highest BCUT2D eigenvalue weighted by molar-refractivity contribution is 7.85. The van der Waals surface area contributed by atoms with Crippen LogP contribution in [0.4, 0.5) is 0 Å². The standard InChI is InChI=1S/C16H23O5PS/c1-3-20-22(17,21-4-2)13-19-14-10-11-16(12-14)23(18)15-8-6-5-7-9-15/h5-11,14,16H,3-4,12-13H2,1-2H3. The van der Waals surface area contributed by atoms with E-state index in [1.807, 2.05) is 42.5 Å². The van der Waals surface area contributed by atoms with Gasteiger partial charge in [-0.1, -0.05) is 30.4 Å². The van der Waals surface area contributed by atoms with Crippen LogP contribution in [0.15, 0.2) is 47.4 Å². The second-order valence-electron chi connectivity index (χ2n) is 5.05. The summed E-state index contributed by atoms with van der Waals surface area (Å²) in [6, 6.07) is 9.36. The first-order chi connectivity index (χ1) is 11.1. The van der Waals surface area contributed by atoms with Crippen LogP contribution in [0.1, 0.15) is 20.3 Å². The van der Waals surface area contributed by atoms with Crippen LogP contribution in [-0.2, 0) is 29.1 Å². The third-order valence-corrected chi connectivity index (χ3v) is 6.76. The molecule has 0 fully saturated rings. The summed E-state index contributed by atoms with van der Waals surface area (Å²) in [6.07, 6.45) is 4.06. The predicted molar refractivity (Wildman–Crippen MR) is 91.0 cm³/mol. The molecule has 3 unspecified atom stereocenters. The number of hydrogen-bond donors (Lipinski definition) is 0. The van der Waals surface area contributed by atoms with E-state index < -0.39 is 18.4 Å². The van der Waals surface area contributed by atoms with Gasteiger partial charge in [-0.2, -0.15) is 0 Å². The number of hydrogen-bond acceptors (Lipinski definition) is 5. The Hall–Kier alpha value is -0.780. The molecule has 23 heavy (non-hydrogen) atoms. The van der Waals surface area contributed by atoms with E-state index in [0.29, 0.717) is 19.6 Å². The summed E-state index contributed by atoms with van der Waals surface area (Å²) in [6.45, 7) is 4.14. The Morgan fingerprint density at radius 2 is 1.78 bits per heavy atom. The molecule has 2 rings (SSSR count). The van der Waals surface area contributed by atoms with Crippen LogP contribution in [0, 0.1) is 0 Å². The van der Waals surface area contributed by atoms with Gasteiger partial charge in [0.25, 0.3) is 0 Å². The third-order valence-electron chi connectivity index (χ3n) is 3.35. The average molecular weight is 358 g/mol. The Kier molecular flexibility index (Phi) is 7.18. The molecule has 0 bridgehead atoms. The summed E-state index contributed by atoms with van der Waals surface area (Å²) in [7, 11) is -4.31.